The first kappa shape index (κ1) is 24.0. The second kappa shape index (κ2) is 9.05. The van der Waals surface area contributed by atoms with Crippen molar-refractivity contribution in [2.45, 2.75) is 111 Å². The number of hydrogen-bond donors (Lipinski definition) is 0. The summed E-state index contributed by atoms with van der Waals surface area (Å²) < 4.78 is 0. The van der Waals surface area contributed by atoms with Crippen molar-refractivity contribution in [2.24, 2.45) is 52.3 Å². The molecule has 0 amide bonds. The largest absolute Gasteiger partial charge is 0.375 e. The Balaban J connectivity index is 1.07. The quantitative estimate of drug-likeness (QED) is 0.377. The number of allylic oxidation sites excluding steroid dienone is 2. The first-order valence-electron chi connectivity index (χ1n) is 14.8. The first-order chi connectivity index (χ1) is 15.7. The first-order valence-corrected chi connectivity index (χ1v) is 14.8. The molecular formula is C32H53N. The Morgan fingerprint density at radius 1 is 0.727 bits per heavy atom. The van der Waals surface area contributed by atoms with Gasteiger partial charge in [-0.05, 0) is 130 Å². The molecule has 4 aliphatic carbocycles. The van der Waals surface area contributed by atoms with Crippen molar-refractivity contribution in [3.8, 4) is 0 Å². The molecule has 5 rings (SSSR count). The number of piperidine rings is 1. The monoisotopic (exact) mass is 451 g/mol. The zero-order valence-electron chi connectivity index (χ0n) is 22.5. The zero-order chi connectivity index (χ0) is 23.4. The Kier molecular flexibility index (Phi) is 6.58. The van der Waals surface area contributed by atoms with Crippen molar-refractivity contribution in [3.63, 3.8) is 0 Å². The molecule has 0 radical (unpaired) electrons. The van der Waals surface area contributed by atoms with E-state index in [0.717, 1.165) is 41.4 Å². The van der Waals surface area contributed by atoms with Crippen molar-refractivity contribution < 1.29 is 0 Å². The molecule has 0 bridgehead atoms. The molecule has 0 N–H and O–H groups in total. The normalized spacial score (nSPS) is 39.2. The Morgan fingerprint density at radius 2 is 1.30 bits per heavy atom. The number of likely N-dealkylation sites (tertiary alicyclic amines) is 1. The van der Waals surface area contributed by atoms with Gasteiger partial charge in [0.2, 0.25) is 0 Å². The van der Waals surface area contributed by atoms with E-state index < -0.39 is 0 Å². The van der Waals surface area contributed by atoms with E-state index in [2.05, 4.69) is 39.2 Å². The third kappa shape index (κ3) is 4.86. The average molecular weight is 452 g/mol. The molecule has 0 aromatic rings. The van der Waals surface area contributed by atoms with Crippen LogP contribution in [-0.4, -0.2) is 18.0 Å². The van der Waals surface area contributed by atoms with Gasteiger partial charge in [0.1, 0.15) is 0 Å². The lowest BCUT2D eigenvalue weighted by Crippen LogP contribution is -2.37. The summed E-state index contributed by atoms with van der Waals surface area (Å²) in [6.07, 6.45) is 18.8. The lowest BCUT2D eigenvalue weighted by atomic mass is 9.62. The fourth-order valence-electron chi connectivity index (χ4n) is 8.97. The van der Waals surface area contributed by atoms with Crippen LogP contribution in [0.3, 0.4) is 0 Å². The van der Waals surface area contributed by atoms with Gasteiger partial charge in [-0.2, -0.15) is 0 Å². The maximum Gasteiger partial charge on any atom is 0.0180 e. The standard InChI is InChI=1S/C32H53N/c1-22(25-15-19-33(20-16-25)23(2)32(6)17-18-32)24-7-9-26(10-8-24)27-11-13-29-28(21-27)12-14-30(29)31(3,4)5/h24-30H,1-2,7-21H2,3-6H3. The Bertz CT molecular complexity index is 720. The lowest BCUT2D eigenvalue weighted by Gasteiger charge is -2.44. The van der Waals surface area contributed by atoms with Gasteiger partial charge in [-0.15, -0.1) is 0 Å². The van der Waals surface area contributed by atoms with Gasteiger partial charge in [-0.3, -0.25) is 0 Å². The SMILES string of the molecule is C=C(C1CCC(C2CCC3C(CCC3C(C)(C)C)C2)CC1)C1CCN(C(=C)C2(C)CC2)CC1. The summed E-state index contributed by atoms with van der Waals surface area (Å²) in [7, 11) is 0. The summed E-state index contributed by atoms with van der Waals surface area (Å²) in [5, 5.41) is 0. The lowest BCUT2D eigenvalue weighted by molar-refractivity contribution is 0.0766. The van der Waals surface area contributed by atoms with Crippen LogP contribution in [0.1, 0.15) is 111 Å². The Hall–Kier alpha value is -0.720. The van der Waals surface area contributed by atoms with E-state index in [1.54, 1.807) is 12.0 Å². The van der Waals surface area contributed by atoms with Crippen molar-refractivity contribution in [1.82, 2.24) is 4.90 Å². The van der Waals surface area contributed by atoms with E-state index in [0.29, 0.717) is 10.8 Å². The van der Waals surface area contributed by atoms with E-state index in [1.165, 1.54) is 95.8 Å². The van der Waals surface area contributed by atoms with E-state index in [1.807, 2.05) is 0 Å². The van der Waals surface area contributed by atoms with Gasteiger partial charge >= 0.3 is 0 Å². The summed E-state index contributed by atoms with van der Waals surface area (Å²) in [5.41, 5.74) is 4.01. The average Bonchev–Trinajstić information content (AvgIpc) is 3.41. The highest BCUT2D eigenvalue weighted by atomic mass is 15.2. The van der Waals surface area contributed by atoms with Gasteiger partial charge in [0, 0.05) is 24.2 Å². The minimum atomic E-state index is 0.438. The van der Waals surface area contributed by atoms with Crippen molar-refractivity contribution in [1.29, 1.82) is 0 Å². The molecule has 1 nitrogen and oxygen atoms in total. The molecule has 1 aliphatic heterocycles. The van der Waals surface area contributed by atoms with Crippen LogP contribution in [0.15, 0.2) is 24.4 Å². The Morgan fingerprint density at radius 3 is 1.91 bits per heavy atom. The zero-order valence-corrected chi connectivity index (χ0v) is 22.5. The van der Waals surface area contributed by atoms with Crippen molar-refractivity contribution in [3.05, 3.63) is 24.4 Å². The molecule has 1 saturated heterocycles. The highest BCUT2D eigenvalue weighted by Crippen LogP contribution is 2.56. The fourth-order valence-corrected chi connectivity index (χ4v) is 8.97. The van der Waals surface area contributed by atoms with Crippen LogP contribution in [0.2, 0.25) is 0 Å². The molecule has 5 fully saturated rings. The molecule has 1 heteroatoms. The maximum absolute atomic E-state index is 4.70. The summed E-state index contributed by atoms with van der Waals surface area (Å²) in [6, 6.07) is 0. The van der Waals surface area contributed by atoms with Gasteiger partial charge in [-0.1, -0.05) is 46.4 Å². The summed E-state index contributed by atoms with van der Waals surface area (Å²) in [5.74, 6) is 6.73. The second-order valence-corrected chi connectivity index (χ2v) is 14.5. The molecule has 1 heterocycles. The predicted octanol–water partition coefficient (Wildman–Crippen LogP) is 8.86. The van der Waals surface area contributed by atoms with Crippen LogP contribution in [0.4, 0.5) is 0 Å². The highest BCUT2D eigenvalue weighted by Gasteiger charge is 2.46. The third-order valence-electron chi connectivity index (χ3n) is 11.6. The topological polar surface area (TPSA) is 3.24 Å². The smallest absolute Gasteiger partial charge is 0.0180 e. The Labute approximate surface area is 205 Å². The predicted molar refractivity (Wildman–Crippen MR) is 142 cm³/mol. The van der Waals surface area contributed by atoms with Gasteiger partial charge < -0.3 is 4.90 Å². The van der Waals surface area contributed by atoms with E-state index in [9.17, 15) is 0 Å². The van der Waals surface area contributed by atoms with E-state index in [4.69, 9.17) is 6.58 Å². The molecule has 4 atom stereocenters. The van der Waals surface area contributed by atoms with Crippen molar-refractivity contribution in [2.75, 3.05) is 13.1 Å². The van der Waals surface area contributed by atoms with Gasteiger partial charge in [0.05, 0.1) is 0 Å². The summed E-state index contributed by atoms with van der Waals surface area (Å²) in [6.45, 7) is 21.5. The molecular weight excluding hydrogens is 398 g/mol. The van der Waals surface area contributed by atoms with E-state index >= 15 is 0 Å². The molecule has 186 valence electrons. The van der Waals surface area contributed by atoms with Gasteiger partial charge in [0.25, 0.3) is 0 Å². The number of fused-ring (bicyclic) bond motifs is 1. The van der Waals surface area contributed by atoms with Gasteiger partial charge in [-0.25, -0.2) is 0 Å². The molecule has 0 aromatic heterocycles. The molecule has 5 aliphatic rings. The molecule has 4 unspecified atom stereocenters. The molecule has 33 heavy (non-hydrogen) atoms. The van der Waals surface area contributed by atoms with E-state index in [-0.39, 0.29) is 0 Å². The molecule has 0 spiro atoms. The minimum Gasteiger partial charge on any atom is -0.375 e. The second-order valence-electron chi connectivity index (χ2n) is 14.5. The summed E-state index contributed by atoms with van der Waals surface area (Å²) >= 11 is 0. The molecule has 4 saturated carbocycles. The van der Waals surface area contributed by atoms with Crippen LogP contribution in [0, 0.1) is 52.3 Å². The number of nitrogens with zero attached hydrogens (tertiary/aromatic N) is 1. The minimum absolute atomic E-state index is 0.438. The van der Waals surface area contributed by atoms with Crippen LogP contribution >= 0.6 is 0 Å². The van der Waals surface area contributed by atoms with Crippen LogP contribution in [-0.2, 0) is 0 Å². The summed E-state index contributed by atoms with van der Waals surface area (Å²) in [4.78, 5) is 2.61. The van der Waals surface area contributed by atoms with Crippen LogP contribution in [0.5, 0.6) is 0 Å². The fraction of sp³-hybridized carbons (Fsp3) is 0.875. The third-order valence-corrected chi connectivity index (χ3v) is 11.6. The van der Waals surface area contributed by atoms with Crippen LogP contribution in [0.25, 0.3) is 0 Å². The molecule has 0 aromatic carbocycles. The number of rotatable bonds is 5. The van der Waals surface area contributed by atoms with Crippen LogP contribution < -0.4 is 0 Å². The highest BCUT2D eigenvalue weighted by molar-refractivity contribution is 5.17. The van der Waals surface area contributed by atoms with Crippen molar-refractivity contribution >= 4 is 0 Å². The maximum atomic E-state index is 4.70. The van der Waals surface area contributed by atoms with Gasteiger partial charge in [0.15, 0.2) is 0 Å². The number of hydrogen-bond acceptors (Lipinski definition) is 1.